The fourth-order valence-electron chi connectivity index (χ4n) is 1.40. The van der Waals surface area contributed by atoms with E-state index in [4.69, 9.17) is 16.3 Å². The van der Waals surface area contributed by atoms with Gasteiger partial charge in [-0.05, 0) is 18.6 Å². The molecule has 1 aromatic rings. The number of nitrogens with one attached hydrogen (secondary N) is 1. The largest absolute Gasteiger partial charge is 0.385 e. The molecule has 0 spiro atoms. The SMILES string of the molecule is COCCCNC(=O)CN(C)C(=O)c1ccc(Cl)s1. The van der Waals surface area contributed by atoms with Crippen molar-refractivity contribution in [1.82, 2.24) is 10.2 Å². The molecule has 0 aliphatic rings. The lowest BCUT2D eigenvalue weighted by Crippen LogP contribution is -2.38. The predicted molar refractivity (Wildman–Crippen MR) is 75.8 cm³/mol. The number of carbonyl (C=O) groups is 2. The van der Waals surface area contributed by atoms with Crippen molar-refractivity contribution in [3.05, 3.63) is 21.3 Å². The molecule has 0 radical (unpaired) electrons. The van der Waals surface area contributed by atoms with E-state index in [1.54, 1.807) is 26.3 Å². The van der Waals surface area contributed by atoms with Crippen LogP contribution in [0.4, 0.5) is 0 Å². The Morgan fingerprint density at radius 2 is 2.21 bits per heavy atom. The van der Waals surface area contributed by atoms with Gasteiger partial charge in [-0.1, -0.05) is 11.6 Å². The first-order valence-electron chi connectivity index (χ1n) is 5.81. The lowest BCUT2D eigenvalue weighted by molar-refractivity contribution is -0.121. The summed E-state index contributed by atoms with van der Waals surface area (Å²) in [5.41, 5.74) is 0. The van der Waals surface area contributed by atoms with Crippen LogP contribution in [0.2, 0.25) is 4.34 Å². The number of hydrogen-bond donors (Lipinski definition) is 1. The normalized spacial score (nSPS) is 10.3. The molecular formula is C12H17ClN2O3S. The van der Waals surface area contributed by atoms with E-state index < -0.39 is 0 Å². The van der Waals surface area contributed by atoms with Crippen LogP contribution in [-0.4, -0.2) is 50.6 Å². The molecule has 2 amide bonds. The van der Waals surface area contributed by atoms with Gasteiger partial charge < -0.3 is 15.0 Å². The minimum absolute atomic E-state index is 0.0291. The minimum atomic E-state index is -0.205. The van der Waals surface area contributed by atoms with E-state index in [1.165, 1.54) is 16.2 Å². The van der Waals surface area contributed by atoms with Gasteiger partial charge in [0.2, 0.25) is 5.91 Å². The van der Waals surface area contributed by atoms with Gasteiger partial charge in [0.15, 0.2) is 0 Å². The Kier molecular flexibility index (Phi) is 6.83. The Hall–Kier alpha value is -1.11. The summed E-state index contributed by atoms with van der Waals surface area (Å²) in [6.07, 6.45) is 0.750. The zero-order valence-corrected chi connectivity index (χ0v) is 12.5. The standard InChI is InChI=1S/C12H17ClN2O3S/c1-15(8-11(16)14-6-3-7-18-2)12(17)9-4-5-10(13)19-9/h4-5H,3,6-8H2,1-2H3,(H,14,16). The highest BCUT2D eigenvalue weighted by Crippen LogP contribution is 2.22. The lowest BCUT2D eigenvalue weighted by atomic mass is 10.4. The van der Waals surface area contributed by atoms with Crippen molar-refractivity contribution < 1.29 is 14.3 Å². The summed E-state index contributed by atoms with van der Waals surface area (Å²) >= 11 is 6.97. The number of carbonyl (C=O) groups excluding carboxylic acids is 2. The molecule has 5 nitrogen and oxygen atoms in total. The van der Waals surface area contributed by atoms with Crippen molar-refractivity contribution in [2.24, 2.45) is 0 Å². The van der Waals surface area contributed by atoms with E-state index in [-0.39, 0.29) is 18.4 Å². The summed E-state index contributed by atoms with van der Waals surface area (Å²) < 4.78 is 5.43. The molecule has 0 fully saturated rings. The lowest BCUT2D eigenvalue weighted by Gasteiger charge is -2.15. The molecule has 0 aliphatic carbocycles. The number of ether oxygens (including phenoxy) is 1. The number of hydrogen-bond acceptors (Lipinski definition) is 4. The molecule has 1 rings (SSSR count). The fraction of sp³-hybridized carbons (Fsp3) is 0.500. The van der Waals surface area contributed by atoms with Gasteiger partial charge in [-0.25, -0.2) is 0 Å². The molecule has 7 heteroatoms. The first kappa shape index (κ1) is 15.9. The highest BCUT2D eigenvalue weighted by atomic mass is 35.5. The van der Waals surface area contributed by atoms with Crippen molar-refractivity contribution in [2.75, 3.05) is 33.9 Å². The second kappa shape index (κ2) is 8.14. The maximum Gasteiger partial charge on any atom is 0.264 e. The molecule has 19 heavy (non-hydrogen) atoms. The van der Waals surface area contributed by atoms with Crippen LogP contribution in [0.25, 0.3) is 0 Å². The van der Waals surface area contributed by atoms with Crippen molar-refractivity contribution in [1.29, 1.82) is 0 Å². The van der Waals surface area contributed by atoms with E-state index in [9.17, 15) is 9.59 Å². The highest BCUT2D eigenvalue weighted by molar-refractivity contribution is 7.17. The summed E-state index contributed by atoms with van der Waals surface area (Å²) in [6.45, 7) is 1.17. The van der Waals surface area contributed by atoms with Gasteiger partial charge in [0, 0.05) is 27.3 Å². The van der Waals surface area contributed by atoms with Crippen LogP contribution in [0, 0.1) is 0 Å². The van der Waals surface area contributed by atoms with E-state index in [0.29, 0.717) is 22.4 Å². The molecule has 0 unspecified atom stereocenters. The van der Waals surface area contributed by atoms with Gasteiger partial charge in [-0.2, -0.15) is 0 Å². The molecule has 0 bridgehead atoms. The maximum atomic E-state index is 11.9. The smallest absolute Gasteiger partial charge is 0.264 e. The van der Waals surface area contributed by atoms with Gasteiger partial charge in [0.1, 0.15) is 0 Å². The summed E-state index contributed by atoms with van der Waals surface area (Å²) in [4.78, 5) is 25.4. The second-order valence-electron chi connectivity index (χ2n) is 3.96. The number of halogens is 1. The third kappa shape index (κ3) is 5.59. The number of likely N-dealkylation sites (N-methyl/N-ethyl adjacent to an activating group) is 1. The first-order chi connectivity index (χ1) is 9.04. The molecule has 1 heterocycles. The number of rotatable bonds is 7. The van der Waals surface area contributed by atoms with Gasteiger partial charge in [-0.15, -0.1) is 11.3 Å². The van der Waals surface area contributed by atoms with E-state index in [2.05, 4.69) is 5.32 Å². The molecule has 106 valence electrons. The van der Waals surface area contributed by atoms with Crippen LogP contribution < -0.4 is 5.32 Å². The third-order valence-corrected chi connectivity index (χ3v) is 3.58. The number of nitrogens with zero attached hydrogens (tertiary/aromatic N) is 1. The van der Waals surface area contributed by atoms with Gasteiger partial charge in [-0.3, -0.25) is 9.59 Å². The molecule has 1 N–H and O–H groups in total. The Bertz CT molecular complexity index is 436. The van der Waals surface area contributed by atoms with Crippen LogP contribution in [0.15, 0.2) is 12.1 Å². The molecule has 0 saturated heterocycles. The zero-order chi connectivity index (χ0) is 14.3. The van der Waals surface area contributed by atoms with Crippen LogP contribution in [0.1, 0.15) is 16.1 Å². The Morgan fingerprint density at radius 3 is 2.79 bits per heavy atom. The Morgan fingerprint density at radius 1 is 1.47 bits per heavy atom. The molecule has 0 aliphatic heterocycles. The van der Waals surface area contributed by atoms with Crippen molar-refractivity contribution >= 4 is 34.8 Å². The van der Waals surface area contributed by atoms with E-state index in [0.717, 1.165) is 6.42 Å². The topological polar surface area (TPSA) is 58.6 Å². The van der Waals surface area contributed by atoms with Gasteiger partial charge in [0.05, 0.1) is 15.8 Å². The minimum Gasteiger partial charge on any atom is -0.385 e. The van der Waals surface area contributed by atoms with E-state index >= 15 is 0 Å². The van der Waals surface area contributed by atoms with Crippen molar-refractivity contribution in [3.63, 3.8) is 0 Å². The van der Waals surface area contributed by atoms with Crippen molar-refractivity contribution in [2.45, 2.75) is 6.42 Å². The fourth-order valence-corrected chi connectivity index (χ4v) is 2.44. The average molecular weight is 305 g/mol. The van der Waals surface area contributed by atoms with E-state index in [1.807, 2.05) is 0 Å². The molecule has 0 saturated carbocycles. The van der Waals surface area contributed by atoms with Crippen LogP contribution in [-0.2, 0) is 9.53 Å². The predicted octanol–water partition coefficient (Wildman–Crippen LogP) is 1.63. The summed E-state index contributed by atoms with van der Waals surface area (Å²) in [5, 5.41) is 2.72. The van der Waals surface area contributed by atoms with Crippen LogP contribution >= 0.6 is 22.9 Å². The monoisotopic (exact) mass is 304 g/mol. The summed E-state index contributed by atoms with van der Waals surface area (Å²) in [6, 6.07) is 3.32. The maximum absolute atomic E-state index is 11.9. The van der Waals surface area contributed by atoms with Crippen LogP contribution in [0.3, 0.4) is 0 Å². The Labute approximate surface area is 121 Å². The third-order valence-electron chi connectivity index (χ3n) is 2.36. The zero-order valence-electron chi connectivity index (χ0n) is 10.9. The quantitative estimate of drug-likeness (QED) is 0.779. The summed E-state index contributed by atoms with van der Waals surface area (Å²) in [5.74, 6) is -0.390. The number of thiophene rings is 1. The molecule has 1 aromatic heterocycles. The second-order valence-corrected chi connectivity index (χ2v) is 5.68. The molecule has 0 aromatic carbocycles. The highest BCUT2D eigenvalue weighted by Gasteiger charge is 2.16. The Balaban J connectivity index is 2.35. The molecule has 0 atom stereocenters. The van der Waals surface area contributed by atoms with Gasteiger partial charge >= 0.3 is 0 Å². The first-order valence-corrected chi connectivity index (χ1v) is 7.00. The van der Waals surface area contributed by atoms with Gasteiger partial charge in [0.25, 0.3) is 5.91 Å². The number of amides is 2. The summed E-state index contributed by atoms with van der Waals surface area (Å²) in [7, 11) is 3.20. The van der Waals surface area contributed by atoms with Crippen molar-refractivity contribution in [3.8, 4) is 0 Å². The molecular weight excluding hydrogens is 288 g/mol. The number of methoxy groups -OCH3 is 1. The van der Waals surface area contributed by atoms with Crippen LogP contribution in [0.5, 0.6) is 0 Å². The average Bonchev–Trinajstić information content (AvgIpc) is 2.80.